The second-order valence-electron chi connectivity index (χ2n) is 7.77. The molecule has 1 fully saturated rings. The number of ether oxygens (including phenoxy) is 2. The summed E-state index contributed by atoms with van der Waals surface area (Å²) in [5.74, 6) is -0.471. The highest BCUT2D eigenvalue weighted by atomic mass is 32.2. The van der Waals surface area contributed by atoms with Gasteiger partial charge in [-0.15, -0.1) is 11.8 Å². The minimum Gasteiger partial charge on any atom is -0.478 e. The van der Waals surface area contributed by atoms with Crippen LogP contribution in [-0.4, -0.2) is 33.0 Å². The van der Waals surface area contributed by atoms with Gasteiger partial charge in [0.1, 0.15) is 5.03 Å². The fourth-order valence-electron chi connectivity index (χ4n) is 3.67. The highest BCUT2D eigenvalue weighted by molar-refractivity contribution is 7.99. The average molecular weight is 467 g/mol. The molecule has 3 aromatic rings. The molecule has 0 amide bonds. The SMILES string of the molecule is NCc1ccc(C2OC(CSc3ncccc3C(=O)O)CC(c3ccc(CO)cc3)O2)cc1. The van der Waals surface area contributed by atoms with E-state index in [9.17, 15) is 15.0 Å². The molecule has 1 aromatic heterocycles. The molecule has 172 valence electrons. The van der Waals surface area contributed by atoms with Crippen molar-refractivity contribution in [1.82, 2.24) is 4.98 Å². The maximum absolute atomic E-state index is 11.5. The van der Waals surface area contributed by atoms with Crippen molar-refractivity contribution >= 4 is 17.7 Å². The number of aliphatic hydroxyl groups is 1. The van der Waals surface area contributed by atoms with Gasteiger partial charge in [0.2, 0.25) is 0 Å². The van der Waals surface area contributed by atoms with Gasteiger partial charge in [-0.05, 0) is 28.8 Å². The van der Waals surface area contributed by atoms with E-state index in [1.165, 1.54) is 11.8 Å². The Bertz CT molecular complexity index is 1020. The van der Waals surface area contributed by atoms with Crippen LogP contribution in [0, 0.1) is 0 Å². The van der Waals surface area contributed by atoms with E-state index < -0.39 is 12.3 Å². The van der Waals surface area contributed by atoms with Gasteiger partial charge in [0.15, 0.2) is 6.29 Å². The van der Waals surface area contributed by atoms with Crippen LogP contribution in [0.25, 0.3) is 0 Å². The Labute approximate surface area is 196 Å². The zero-order valence-corrected chi connectivity index (χ0v) is 18.8. The molecule has 3 atom stereocenters. The van der Waals surface area contributed by atoms with Crippen LogP contribution in [0.5, 0.6) is 0 Å². The van der Waals surface area contributed by atoms with E-state index >= 15 is 0 Å². The van der Waals surface area contributed by atoms with Crippen LogP contribution in [0.15, 0.2) is 71.9 Å². The van der Waals surface area contributed by atoms with Crippen LogP contribution >= 0.6 is 11.8 Å². The smallest absolute Gasteiger partial charge is 0.338 e. The van der Waals surface area contributed by atoms with Gasteiger partial charge in [-0.3, -0.25) is 0 Å². The fourth-order valence-corrected chi connectivity index (χ4v) is 4.68. The van der Waals surface area contributed by atoms with Crippen molar-refractivity contribution in [2.75, 3.05) is 5.75 Å². The first-order valence-electron chi connectivity index (χ1n) is 10.7. The predicted molar refractivity (Wildman–Crippen MR) is 125 cm³/mol. The summed E-state index contributed by atoms with van der Waals surface area (Å²) in [6.07, 6.45) is 1.24. The van der Waals surface area contributed by atoms with Gasteiger partial charge in [0.25, 0.3) is 0 Å². The Morgan fingerprint density at radius 3 is 2.39 bits per heavy atom. The molecule has 0 bridgehead atoms. The Balaban J connectivity index is 1.55. The van der Waals surface area contributed by atoms with Crippen LogP contribution in [0.2, 0.25) is 0 Å². The highest BCUT2D eigenvalue weighted by Crippen LogP contribution is 2.39. The number of aliphatic hydroxyl groups excluding tert-OH is 1. The predicted octanol–water partition coefficient (Wildman–Crippen LogP) is 4.07. The lowest BCUT2D eigenvalue weighted by Crippen LogP contribution is -2.31. The molecule has 4 rings (SSSR count). The number of nitrogens with zero attached hydrogens (tertiary/aromatic N) is 1. The number of hydrogen-bond acceptors (Lipinski definition) is 7. The van der Waals surface area contributed by atoms with Crippen molar-refractivity contribution in [1.29, 1.82) is 0 Å². The Morgan fingerprint density at radius 2 is 1.73 bits per heavy atom. The lowest BCUT2D eigenvalue weighted by molar-refractivity contribution is -0.245. The number of nitrogens with two attached hydrogens (primary N) is 1. The molecule has 33 heavy (non-hydrogen) atoms. The van der Waals surface area contributed by atoms with Crippen LogP contribution < -0.4 is 5.73 Å². The molecule has 4 N–H and O–H groups in total. The van der Waals surface area contributed by atoms with Crippen molar-refractivity contribution in [3.05, 3.63) is 94.7 Å². The molecule has 1 aliphatic heterocycles. The van der Waals surface area contributed by atoms with Gasteiger partial charge < -0.3 is 25.4 Å². The summed E-state index contributed by atoms with van der Waals surface area (Å²) < 4.78 is 12.6. The summed E-state index contributed by atoms with van der Waals surface area (Å²) in [4.78, 5) is 15.8. The minimum absolute atomic E-state index is 0.0136. The minimum atomic E-state index is -1.00. The van der Waals surface area contributed by atoms with E-state index in [0.717, 1.165) is 22.3 Å². The molecule has 2 aromatic carbocycles. The van der Waals surface area contributed by atoms with E-state index in [1.807, 2.05) is 48.5 Å². The van der Waals surface area contributed by atoms with Crippen molar-refractivity contribution in [3.63, 3.8) is 0 Å². The van der Waals surface area contributed by atoms with E-state index in [-0.39, 0.29) is 24.4 Å². The normalized spacial score (nSPS) is 20.5. The summed E-state index contributed by atoms with van der Waals surface area (Å²) >= 11 is 1.37. The van der Waals surface area contributed by atoms with Gasteiger partial charge in [-0.2, -0.15) is 0 Å². The molecule has 2 heterocycles. The van der Waals surface area contributed by atoms with Gasteiger partial charge in [-0.25, -0.2) is 9.78 Å². The van der Waals surface area contributed by atoms with E-state index in [4.69, 9.17) is 15.2 Å². The number of carbonyl (C=O) groups is 1. The number of carboxylic acids is 1. The Kier molecular flexibility index (Phi) is 7.74. The molecule has 3 unspecified atom stereocenters. The number of carboxylic acid groups (broad SMARTS) is 1. The fraction of sp³-hybridized carbons (Fsp3) is 0.280. The van der Waals surface area contributed by atoms with Gasteiger partial charge >= 0.3 is 5.97 Å². The number of aromatic carboxylic acids is 1. The van der Waals surface area contributed by atoms with Crippen molar-refractivity contribution in [3.8, 4) is 0 Å². The summed E-state index contributed by atoms with van der Waals surface area (Å²) in [7, 11) is 0. The third-order valence-corrected chi connectivity index (χ3v) is 6.65. The van der Waals surface area contributed by atoms with Crippen molar-refractivity contribution < 1.29 is 24.5 Å². The Hall–Kier alpha value is -2.75. The number of thioether (sulfide) groups is 1. The molecule has 0 saturated carbocycles. The summed E-state index contributed by atoms with van der Waals surface area (Å²) in [5, 5.41) is 19.2. The van der Waals surface area contributed by atoms with Crippen LogP contribution in [0.3, 0.4) is 0 Å². The molecule has 1 aliphatic rings. The second kappa shape index (κ2) is 10.9. The maximum Gasteiger partial charge on any atom is 0.338 e. The number of hydrogen-bond donors (Lipinski definition) is 3. The Morgan fingerprint density at radius 1 is 1.03 bits per heavy atom. The molecule has 7 nitrogen and oxygen atoms in total. The zero-order chi connectivity index (χ0) is 23.2. The maximum atomic E-state index is 11.5. The van der Waals surface area contributed by atoms with Crippen molar-refractivity contribution in [2.45, 2.75) is 43.1 Å². The molecule has 1 saturated heterocycles. The molecule has 0 spiro atoms. The largest absolute Gasteiger partial charge is 0.478 e. The van der Waals surface area contributed by atoms with Gasteiger partial charge in [0, 0.05) is 30.5 Å². The van der Waals surface area contributed by atoms with E-state index in [0.29, 0.717) is 23.7 Å². The van der Waals surface area contributed by atoms with E-state index in [1.54, 1.807) is 18.3 Å². The number of pyridine rings is 1. The molecule has 8 heteroatoms. The number of rotatable bonds is 8. The first-order valence-corrected chi connectivity index (χ1v) is 11.7. The van der Waals surface area contributed by atoms with Crippen LogP contribution in [-0.2, 0) is 22.6 Å². The zero-order valence-electron chi connectivity index (χ0n) is 18.0. The average Bonchev–Trinajstić information content (AvgIpc) is 2.87. The monoisotopic (exact) mass is 466 g/mol. The lowest BCUT2D eigenvalue weighted by Gasteiger charge is -2.36. The third kappa shape index (κ3) is 5.79. The first kappa shape index (κ1) is 23.4. The van der Waals surface area contributed by atoms with Crippen LogP contribution in [0.4, 0.5) is 0 Å². The number of aromatic nitrogens is 1. The third-order valence-electron chi connectivity index (χ3n) is 5.51. The van der Waals surface area contributed by atoms with Crippen LogP contribution in [0.1, 0.15) is 51.4 Å². The summed E-state index contributed by atoms with van der Waals surface area (Å²) in [6.45, 7) is 0.446. The van der Waals surface area contributed by atoms with Gasteiger partial charge in [-0.1, -0.05) is 48.5 Å². The first-order chi connectivity index (χ1) is 16.1. The summed E-state index contributed by atoms with van der Waals surface area (Å²) in [6, 6.07) is 18.7. The molecular formula is C25H26N2O5S. The molecule has 0 radical (unpaired) electrons. The molecule has 0 aliphatic carbocycles. The highest BCUT2D eigenvalue weighted by Gasteiger charge is 2.32. The van der Waals surface area contributed by atoms with Gasteiger partial charge in [0.05, 0.1) is 24.4 Å². The standard InChI is InChI=1S/C25H26N2O5S/c26-13-16-3-9-19(10-4-16)25-31-20(15-33-23-21(24(29)30)2-1-11-27-23)12-22(32-25)18-7-5-17(14-28)6-8-18/h1-11,20,22,25,28H,12-15,26H2,(H,29,30). The summed E-state index contributed by atoms with van der Waals surface area (Å²) in [5.41, 5.74) is 9.65. The second-order valence-corrected chi connectivity index (χ2v) is 8.78. The lowest BCUT2D eigenvalue weighted by atomic mass is 10.0. The van der Waals surface area contributed by atoms with E-state index in [2.05, 4.69) is 4.98 Å². The topological polar surface area (TPSA) is 115 Å². The van der Waals surface area contributed by atoms with Crippen molar-refractivity contribution in [2.24, 2.45) is 5.73 Å². The quantitative estimate of drug-likeness (QED) is 0.426. The number of benzene rings is 2. The molecular weight excluding hydrogens is 440 g/mol.